The number of benzene rings is 1. The third-order valence-electron chi connectivity index (χ3n) is 3.76. The number of halogens is 1. The van der Waals surface area contributed by atoms with Crippen LogP contribution >= 0.6 is 0 Å². The summed E-state index contributed by atoms with van der Waals surface area (Å²) in [7, 11) is 0. The predicted molar refractivity (Wildman–Crippen MR) is 75.5 cm³/mol. The van der Waals surface area contributed by atoms with Crippen molar-refractivity contribution in [3.05, 3.63) is 35.6 Å². The van der Waals surface area contributed by atoms with Gasteiger partial charge in [0.25, 0.3) is 0 Å². The highest BCUT2D eigenvalue weighted by atomic mass is 19.1. The smallest absolute Gasteiger partial charge is 0.123 e. The minimum atomic E-state index is -0.189. The van der Waals surface area contributed by atoms with Crippen molar-refractivity contribution in [2.45, 2.75) is 57.8 Å². The Morgan fingerprint density at radius 3 is 2.47 bits per heavy atom. The predicted octanol–water partition coefficient (Wildman–Crippen LogP) is 3.65. The van der Waals surface area contributed by atoms with Crippen LogP contribution in [0.3, 0.4) is 0 Å². The third kappa shape index (κ3) is 4.92. The molecular weight excluding hydrogens is 241 g/mol. The van der Waals surface area contributed by atoms with Crippen molar-refractivity contribution in [3.63, 3.8) is 0 Å². The van der Waals surface area contributed by atoms with Crippen LogP contribution in [0, 0.1) is 5.82 Å². The summed E-state index contributed by atoms with van der Waals surface area (Å²) < 4.78 is 18.7. The first-order valence-corrected chi connectivity index (χ1v) is 7.37. The Morgan fingerprint density at radius 2 is 1.84 bits per heavy atom. The van der Waals surface area contributed by atoms with Crippen LogP contribution in [-0.4, -0.2) is 18.7 Å². The molecule has 1 fully saturated rings. The van der Waals surface area contributed by atoms with Gasteiger partial charge in [-0.2, -0.15) is 0 Å². The van der Waals surface area contributed by atoms with Gasteiger partial charge in [-0.3, -0.25) is 0 Å². The van der Waals surface area contributed by atoms with Gasteiger partial charge in [0, 0.05) is 6.04 Å². The maximum atomic E-state index is 12.8. The lowest BCUT2D eigenvalue weighted by Crippen LogP contribution is -2.35. The zero-order chi connectivity index (χ0) is 13.5. The van der Waals surface area contributed by atoms with E-state index < -0.39 is 0 Å². The molecule has 0 aliphatic heterocycles. The first-order valence-electron chi connectivity index (χ1n) is 7.37. The molecule has 1 aromatic rings. The molecule has 1 N–H and O–H groups in total. The van der Waals surface area contributed by atoms with Gasteiger partial charge in [-0.05, 0) is 56.3 Å². The van der Waals surface area contributed by atoms with Crippen molar-refractivity contribution in [1.29, 1.82) is 0 Å². The molecule has 3 heteroatoms. The van der Waals surface area contributed by atoms with E-state index in [4.69, 9.17) is 4.74 Å². The van der Waals surface area contributed by atoms with Gasteiger partial charge in [0.1, 0.15) is 5.82 Å². The fraction of sp³-hybridized carbons (Fsp3) is 0.625. The van der Waals surface area contributed by atoms with Gasteiger partial charge in [-0.25, -0.2) is 4.39 Å². The second kappa shape index (κ2) is 7.61. The zero-order valence-electron chi connectivity index (χ0n) is 11.7. The van der Waals surface area contributed by atoms with E-state index in [2.05, 4.69) is 12.2 Å². The summed E-state index contributed by atoms with van der Waals surface area (Å²) in [6.45, 7) is 3.91. The van der Waals surface area contributed by atoms with Crippen molar-refractivity contribution in [2.24, 2.45) is 0 Å². The van der Waals surface area contributed by atoms with Gasteiger partial charge < -0.3 is 10.1 Å². The fourth-order valence-electron chi connectivity index (χ4n) is 2.58. The van der Waals surface area contributed by atoms with E-state index in [-0.39, 0.29) is 5.82 Å². The topological polar surface area (TPSA) is 21.3 Å². The van der Waals surface area contributed by atoms with Crippen LogP contribution < -0.4 is 5.32 Å². The van der Waals surface area contributed by atoms with Crippen molar-refractivity contribution in [1.82, 2.24) is 5.32 Å². The van der Waals surface area contributed by atoms with Crippen molar-refractivity contribution >= 4 is 0 Å². The monoisotopic (exact) mass is 265 g/mol. The molecule has 0 saturated heterocycles. The van der Waals surface area contributed by atoms with Gasteiger partial charge in [0.2, 0.25) is 0 Å². The molecular formula is C16H24FNO. The fourth-order valence-corrected chi connectivity index (χ4v) is 2.58. The summed E-state index contributed by atoms with van der Waals surface area (Å²) in [5.74, 6) is -0.189. The number of rotatable bonds is 6. The summed E-state index contributed by atoms with van der Waals surface area (Å²) in [6.07, 6.45) is 6.22. The number of nitrogens with one attached hydrogen (secondary N) is 1. The van der Waals surface area contributed by atoms with E-state index in [1.807, 2.05) is 0 Å². The maximum Gasteiger partial charge on any atom is 0.123 e. The van der Waals surface area contributed by atoms with E-state index in [0.29, 0.717) is 18.8 Å². The molecule has 1 aromatic carbocycles. The SMILES string of the molecule is CCCNC1CCC(OCc2ccc(F)cc2)CC1. The molecule has 2 nitrogen and oxygen atoms in total. The van der Waals surface area contributed by atoms with Crippen molar-refractivity contribution < 1.29 is 9.13 Å². The molecule has 0 atom stereocenters. The minimum Gasteiger partial charge on any atom is -0.374 e. The standard InChI is InChI=1S/C16H24FNO/c1-2-11-18-15-7-9-16(10-8-15)19-12-13-3-5-14(17)6-4-13/h3-6,15-16,18H,2,7-12H2,1H3. The Balaban J connectivity index is 1.67. The van der Waals surface area contributed by atoms with Crippen molar-refractivity contribution in [3.8, 4) is 0 Å². The third-order valence-corrected chi connectivity index (χ3v) is 3.76. The summed E-state index contributed by atoms with van der Waals surface area (Å²) >= 11 is 0. The van der Waals surface area contributed by atoms with Gasteiger partial charge in [0.05, 0.1) is 12.7 Å². The molecule has 19 heavy (non-hydrogen) atoms. The van der Waals surface area contributed by atoms with Gasteiger partial charge in [-0.1, -0.05) is 19.1 Å². The highest BCUT2D eigenvalue weighted by Gasteiger charge is 2.20. The van der Waals surface area contributed by atoms with E-state index in [1.54, 1.807) is 12.1 Å². The summed E-state index contributed by atoms with van der Waals surface area (Å²) in [5.41, 5.74) is 1.05. The van der Waals surface area contributed by atoms with E-state index in [9.17, 15) is 4.39 Å². The molecule has 0 radical (unpaired) electrons. The molecule has 1 saturated carbocycles. The van der Waals surface area contributed by atoms with E-state index in [0.717, 1.165) is 24.9 Å². The molecule has 0 unspecified atom stereocenters. The van der Waals surface area contributed by atoms with Gasteiger partial charge in [-0.15, -0.1) is 0 Å². The number of ether oxygens (including phenoxy) is 1. The second-order valence-electron chi connectivity index (χ2n) is 5.37. The largest absolute Gasteiger partial charge is 0.374 e. The number of hydrogen-bond donors (Lipinski definition) is 1. The molecule has 106 valence electrons. The molecule has 0 bridgehead atoms. The Kier molecular flexibility index (Phi) is 5.80. The maximum absolute atomic E-state index is 12.8. The second-order valence-corrected chi connectivity index (χ2v) is 5.37. The molecule has 0 amide bonds. The molecule has 0 heterocycles. The quantitative estimate of drug-likeness (QED) is 0.847. The van der Waals surface area contributed by atoms with E-state index >= 15 is 0 Å². The average Bonchev–Trinajstić information content (AvgIpc) is 2.46. The lowest BCUT2D eigenvalue weighted by molar-refractivity contribution is 0.0113. The Morgan fingerprint density at radius 1 is 1.16 bits per heavy atom. The van der Waals surface area contributed by atoms with Gasteiger partial charge in [0.15, 0.2) is 0 Å². The summed E-state index contributed by atoms with van der Waals surface area (Å²) in [6, 6.07) is 7.24. The number of hydrogen-bond acceptors (Lipinski definition) is 2. The van der Waals surface area contributed by atoms with Crippen LogP contribution in [0.2, 0.25) is 0 Å². The van der Waals surface area contributed by atoms with Gasteiger partial charge >= 0.3 is 0 Å². The summed E-state index contributed by atoms with van der Waals surface area (Å²) in [5, 5.41) is 3.57. The van der Waals surface area contributed by atoms with Crippen LogP contribution in [-0.2, 0) is 11.3 Å². The molecule has 2 rings (SSSR count). The molecule has 1 aliphatic carbocycles. The Bertz CT molecular complexity index is 358. The highest BCUT2D eigenvalue weighted by molar-refractivity contribution is 5.15. The average molecular weight is 265 g/mol. The summed E-state index contributed by atoms with van der Waals surface area (Å²) in [4.78, 5) is 0. The van der Waals surface area contributed by atoms with Crippen LogP contribution in [0.5, 0.6) is 0 Å². The first kappa shape index (κ1) is 14.5. The highest BCUT2D eigenvalue weighted by Crippen LogP contribution is 2.22. The Hall–Kier alpha value is -0.930. The lowest BCUT2D eigenvalue weighted by atomic mass is 9.93. The molecule has 0 aromatic heterocycles. The lowest BCUT2D eigenvalue weighted by Gasteiger charge is -2.29. The zero-order valence-corrected chi connectivity index (χ0v) is 11.7. The molecule has 0 spiro atoms. The van der Waals surface area contributed by atoms with Crippen molar-refractivity contribution in [2.75, 3.05) is 6.54 Å². The van der Waals surface area contributed by atoms with Crippen LogP contribution in [0.1, 0.15) is 44.6 Å². The first-order chi connectivity index (χ1) is 9.28. The Labute approximate surface area is 115 Å². The normalized spacial score (nSPS) is 23.5. The van der Waals surface area contributed by atoms with Crippen LogP contribution in [0.4, 0.5) is 4.39 Å². The van der Waals surface area contributed by atoms with E-state index in [1.165, 1.54) is 31.4 Å². The van der Waals surface area contributed by atoms with Crippen LogP contribution in [0.25, 0.3) is 0 Å². The molecule has 1 aliphatic rings. The van der Waals surface area contributed by atoms with Crippen LogP contribution in [0.15, 0.2) is 24.3 Å². The minimum absolute atomic E-state index is 0.189.